The summed E-state index contributed by atoms with van der Waals surface area (Å²) in [5.41, 5.74) is 1.09. The minimum Gasteiger partial charge on any atom is -0.211 e. The molecular formula is C8H7NOS. The molecule has 0 aromatic heterocycles. The lowest BCUT2D eigenvalue weighted by molar-refractivity contribution is 0.563. The van der Waals surface area contributed by atoms with E-state index in [4.69, 9.17) is 12.2 Å². The summed E-state index contributed by atoms with van der Waals surface area (Å²) in [5.74, 6) is 0. The maximum atomic E-state index is 9.89. The Kier molecular flexibility index (Phi) is 2.47. The van der Waals surface area contributed by atoms with E-state index in [0.29, 0.717) is 4.86 Å². The van der Waals surface area contributed by atoms with Crippen molar-refractivity contribution in [3.63, 3.8) is 0 Å². The highest BCUT2D eigenvalue weighted by atomic mass is 32.1. The molecular weight excluding hydrogens is 158 g/mol. The lowest BCUT2D eigenvalue weighted by Crippen LogP contribution is -2.14. The van der Waals surface area contributed by atoms with Crippen LogP contribution in [0.5, 0.6) is 0 Å². The number of aliphatic imine (C=N–C) groups is 1. The van der Waals surface area contributed by atoms with Gasteiger partial charge in [0.25, 0.3) is 0 Å². The normalized spacial score (nSPS) is 22.5. The third kappa shape index (κ3) is 1.93. The van der Waals surface area contributed by atoms with Crippen molar-refractivity contribution in [1.82, 2.24) is 0 Å². The number of hydrogen-bond donors (Lipinski definition) is 0. The van der Waals surface area contributed by atoms with Crippen LogP contribution in [0.4, 0.5) is 0 Å². The maximum absolute atomic E-state index is 9.89. The molecule has 0 bridgehead atoms. The van der Waals surface area contributed by atoms with Gasteiger partial charge in [0.2, 0.25) is 6.08 Å². The van der Waals surface area contributed by atoms with E-state index in [2.05, 4.69) is 4.99 Å². The molecule has 0 aromatic rings. The molecule has 11 heavy (non-hydrogen) atoms. The number of isocyanates is 1. The van der Waals surface area contributed by atoms with Crippen LogP contribution in [0.2, 0.25) is 0 Å². The van der Waals surface area contributed by atoms with Crippen LogP contribution < -0.4 is 0 Å². The predicted octanol–water partition coefficient (Wildman–Crippen LogP) is 1.58. The molecule has 0 N–H and O–H groups in total. The first-order chi connectivity index (χ1) is 5.24. The first kappa shape index (κ1) is 8.05. The number of hydrogen-bond acceptors (Lipinski definition) is 3. The molecule has 0 spiro atoms. The van der Waals surface area contributed by atoms with Crippen LogP contribution >= 0.6 is 12.2 Å². The van der Waals surface area contributed by atoms with E-state index in [9.17, 15) is 4.79 Å². The molecule has 56 valence electrons. The van der Waals surface area contributed by atoms with Crippen LogP contribution in [-0.2, 0) is 4.79 Å². The van der Waals surface area contributed by atoms with Gasteiger partial charge >= 0.3 is 0 Å². The molecule has 0 aromatic carbocycles. The molecule has 0 radical (unpaired) electrons. The van der Waals surface area contributed by atoms with Gasteiger partial charge in [0.1, 0.15) is 6.04 Å². The minimum atomic E-state index is -0.272. The lowest BCUT2D eigenvalue weighted by Gasteiger charge is -2.08. The van der Waals surface area contributed by atoms with E-state index in [0.717, 1.165) is 5.57 Å². The van der Waals surface area contributed by atoms with Crippen LogP contribution in [0.25, 0.3) is 0 Å². The van der Waals surface area contributed by atoms with Crippen molar-refractivity contribution in [3.8, 4) is 0 Å². The van der Waals surface area contributed by atoms with Gasteiger partial charge in [-0.15, -0.1) is 0 Å². The highest BCUT2D eigenvalue weighted by molar-refractivity contribution is 7.80. The summed E-state index contributed by atoms with van der Waals surface area (Å²) in [4.78, 5) is 14.1. The number of allylic oxidation sites excluding steroid dienone is 2. The molecule has 1 rings (SSSR count). The van der Waals surface area contributed by atoms with E-state index in [1.54, 1.807) is 6.08 Å². The van der Waals surface area contributed by atoms with Crippen molar-refractivity contribution < 1.29 is 4.79 Å². The number of thiocarbonyl (C=S) groups is 1. The molecule has 0 amide bonds. The first-order valence-corrected chi connectivity index (χ1v) is 3.62. The summed E-state index contributed by atoms with van der Waals surface area (Å²) >= 11 is 4.97. The average Bonchev–Trinajstić information content (AvgIpc) is 1.95. The summed E-state index contributed by atoms with van der Waals surface area (Å²) in [7, 11) is 0. The average molecular weight is 165 g/mol. The Morgan fingerprint density at radius 1 is 1.73 bits per heavy atom. The zero-order valence-corrected chi connectivity index (χ0v) is 6.89. The largest absolute Gasteiger partial charge is 0.235 e. The van der Waals surface area contributed by atoms with Crippen molar-refractivity contribution in [2.45, 2.75) is 13.0 Å². The molecule has 2 nitrogen and oxygen atoms in total. The monoisotopic (exact) mass is 165 g/mol. The van der Waals surface area contributed by atoms with E-state index in [1.165, 1.54) is 6.08 Å². The number of nitrogens with zero attached hydrogens (tertiary/aromatic N) is 1. The molecule has 0 heterocycles. The fraction of sp³-hybridized carbons (Fsp3) is 0.250. The predicted molar refractivity (Wildman–Crippen MR) is 47.4 cm³/mol. The van der Waals surface area contributed by atoms with Crippen molar-refractivity contribution >= 4 is 23.2 Å². The minimum absolute atomic E-state index is 0.272. The van der Waals surface area contributed by atoms with Gasteiger partial charge in [0.15, 0.2) is 0 Å². The van der Waals surface area contributed by atoms with E-state index in [1.807, 2.05) is 19.1 Å². The standard InChI is InChI=1S/C8H7NOS/c1-6-2-3-7(9-5-10)8(11)4-6/h2-4,7H,1H3. The van der Waals surface area contributed by atoms with Gasteiger partial charge in [-0.2, -0.15) is 4.99 Å². The van der Waals surface area contributed by atoms with Gasteiger partial charge in [-0.1, -0.05) is 29.9 Å². The first-order valence-electron chi connectivity index (χ1n) is 3.21. The molecule has 1 atom stereocenters. The molecule has 3 heteroatoms. The van der Waals surface area contributed by atoms with Gasteiger partial charge < -0.3 is 0 Å². The van der Waals surface area contributed by atoms with Crippen molar-refractivity contribution in [3.05, 3.63) is 23.8 Å². The summed E-state index contributed by atoms with van der Waals surface area (Å²) in [6, 6.07) is -0.272. The van der Waals surface area contributed by atoms with Crippen molar-refractivity contribution in [1.29, 1.82) is 0 Å². The van der Waals surface area contributed by atoms with Crippen LogP contribution in [0, 0.1) is 0 Å². The topological polar surface area (TPSA) is 29.4 Å². The fourth-order valence-corrected chi connectivity index (χ4v) is 1.18. The summed E-state index contributed by atoms with van der Waals surface area (Å²) in [5, 5.41) is 0. The Morgan fingerprint density at radius 3 is 3.00 bits per heavy atom. The van der Waals surface area contributed by atoms with Gasteiger partial charge in [0.05, 0.1) is 0 Å². The Hall–Kier alpha value is -1.05. The molecule has 0 saturated carbocycles. The Balaban J connectivity index is 2.85. The zero-order chi connectivity index (χ0) is 8.27. The number of rotatable bonds is 1. The summed E-state index contributed by atoms with van der Waals surface area (Å²) < 4.78 is 0. The molecule has 1 aliphatic rings. The third-order valence-corrected chi connectivity index (χ3v) is 1.75. The van der Waals surface area contributed by atoms with Crippen LogP contribution in [0.15, 0.2) is 28.8 Å². The SMILES string of the molecule is CC1=CC(=S)C(N=C=O)C=C1. The van der Waals surface area contributed by atoms with Crippen LogP contribution in [-0.4, -0.2) is 17.0 Å². The van der Waals surface area contributed by atoms with Gasteiger partial charge in [-0.05, 0) is 13.0 Å². The quantitative estimate of drug-likeness (QED) is 0.335. The highest BCUT2D eigenvalue weighted by Gasteiger charge is 2.10. The van der Waals surface area contributed by atoms with Crippen molar-refractivity contribution in [2.75, 3.05) is 0 Å². The van der Waals surface area contributed by atoms with Gasteiger partial charge in [0, 0.05) is 4.86 Å². The van der Waals surface area contributed by atoms with Crippen LogP contribution in [0.3, 0.4) is 0 Å². The zero-order valence-electron chi connectivity index (χ0n) is 6.07. The second-order valence-corrected chi connectivity index (χ2v) is 2.79. The fourth-order valence-electron chi connectivity index (χ4n) is 0.859. The summed E-state index contributed by atoms with van der Waals surface area (Å²) in [6.45, 7) is 1.95. The third-order valence-electron chi connectivity index (χ3n) is 1.39. The lowest BCUT2D eigenvalue weighted by atomic mass is 10.0. The van der Waals surface area contributed by atoms with E-state index < -0.39 is 0 Å². The Labute approximate surface area is 70.3 Å². The highest BCUT2D eigenvalue weighted by Crippen LogP contribution is 2.10. The second kappa shape index (κ2) is 3.37. The van der Waals surface area contributed by atoms with Crippen molar-refractivity contribution in [2.24, 2.45) is 4.99 Å². The Morgan fingerprint density at radius 2 is 2.45 bits per heavy atom. The second-order valence-electron chi connectivity index (χ2n) is 2.32. The van der Waals surface area contributed by atoms with E-state index in [-0.39, 0.29) is 6.04 Å². The smallest absolute Gasteiger partial charge is 0.211 e. The summed E-state index contributed by atoms with van der Waals surface area (Å²) in [6.07, 6.45) is 7.01. The van der Waals surface area contributed by atoms with Crippen LogP contribution in [0.1, 0.15) is 6.92 Å². The Bertz CT molecular complexity index is 284. The van der Waals surface area contributed by atoms with E-state index >= 15 is 0 Å². The van der Waals surface area contributed by atoms with Gasteiger partial charge in [-0.3, -0.25) is 0 Å². The molecule has 0 fully saturated rings. The molecule has 0 aliphatic heterocycles. The maximum Gasteiger partial charge on any atom is 0.235 e. The molecule has 1 aliphatic carbocycles. The molecule has 0 saturated heterocycles. The number of carbonyl (C=O) groups excluding carboxylic acids is 1. The molecule has 1 unspecified atom stereocenters. The van der Waals surface area contributed by atoms with Gasteiger partial charge in [-0.25, -0.2) is 4.79 Å².